The highest BCUT2D eigenvalue weighted by Crippen LogP contribution is 2.24. The standard InChI is InChI=1S/C18H29N3O3/c1-5-16-17(7-6-13(2)19-16)24-12-18(23)21-9-14(8-20(3)4)15(10-21)11-22/h6-7,14-15,22H,5,8-12H2,1-4H3/t14-,15-/m1/s1. The molecule has 1 amide bonds. The summed E-state index contributed by atoms with van der Waals surface area (Å²) < 4.78 is 5.72. The lowest BCUT2D eigenvalue weighted by molar-refractivity contribution is -0.132. The zero-order valence-corrected chi connectivity index (χ0v) is 15.2. The molecule has 24 heavy (non-hydrogen) atoms. The van der Waals surface area contributed by atoms with E-state index in [1.54, 1.807) is 0 Å². The lowest BCUT2D eigenvalue weighted by atomic mass is 9.97. The van der Waals surface area contributed by atoms with Crippen LogP contribution in [0.3, 0.4) is 0 Å². The maximum atomic E-state index is 12.5. The van der Waals surface area contributed by atoms with E-state index in [4.69, 9.17) is 4.74 Å². The summed E-state index contributed by atoms with van der Waals surface area (Å²) in [7, 11) is 4.03. The van der Waals surface area contributed by atoms with Crippen LogP contribution in [0, 0.1) is 18.8 Å². The van der Waals surface area contributed by atoms with Gasteiger partial charge in [-0.1, -0.05) is 6.92 Å². The summed E-state index contributed by atoms with van der Waals surface area (Å²) in [5.41, 5.74) is 1.82. The van der Waals surface area contributed by atoms with Gasteiger partial charge in [0, 0.05) is 37.9 Å². The van der Waals surface area contributed by atoms with Crippen molar-refractivity contribution in [2.45, 2.75) is 20.3 Å². The second-order valence-corrected chi connectivity index (χ2v) is 6.80. The average molecular weight is 335 g/mol. The number of carbonyl (C=O) groups is 1. The highest BCUT2D eigenvalue weighted by Gasteiger charge is 2.35. The highest BCUT2D eigenvalue weighted by atomic mass is 16.5. The molecule has 1 aliphatic rings. The summed E-state index contributed by atoms with van der Waals surface area (Å²) >= 11 is 0. The van der Waals surface area contributed by atoms with Gasteiger partial charge < -0.3 is 19.6 Å². The van der Waals surface area contributed by atoms with E-state index in [1.807, 2.05) is 45.0 Å². The van der Waals surface area contributed by atoms with Crippen LogP contribution in [-0.4, -0.2) is 72.7 Å². The minimum absolute atomic E-state index is 0.0184. The molecular weight excluding hydrogens is 306 g/mol. The molecule has 1 fully saturated rings. The van der Waals surface area contributed by atoms with Crippen molar-refractivity contribution in [3.05, 3.63) is 23.5 Å². The van der Waals surface area contributed by atoms with Gasteiger partial charge in [-0.15, -0.1) is 0 Å². The van der Waals surface area contributed by atoms with Crippen LogP contribution in [0.4, 0.5) is 0 Å². The van der Waals surface area contributed by atoms with Crippen LogP contribution in [-0.2, 0) is 11.2 Å². The number of pyridine rings is 1. The number of aryl methyl sites for hydroxylation is 2. The zero-order valence-electron chi connectivity index (χ0n) is 15.2. The maximum Gasteiger partial charge on any atom is 0.260 e. The molecule has 1 aromatic rings. The minimum Gasteiger partial charge on any atom is -0.482 e. The molecule has 6 heteroatoms. The second-order valence-electron chi connectivity index (χ2n) is 6.80. The van der Waals surface area contributed by atoms with Crippen molar-refractivity contribution < 1.29 is 14.6 Å². The summed E-state index contributed by atoms with van der Waals surface area (Å²) in [6.07, 6.45) is 0.770. The minimum atomic E-state index is -0.0302. The molecule has 0 radical (unpaired) electrons. The van der Waals surface area contributed by atoms with Gasteiger partial charge in [0.1, 0.15) is 5.75 Å². The predicted molar refractivity (Wildman–Crippen MR) is 93.0 cm³/mol. The van der Waals surface area contributed by atoms with Crippen LogP contribution < -0.4 is 4.74 Å². The Morgan fingerprint density at radius 3 is 2.71 bits per heavy atom. The lowest BCUT2D eigenvalue weighted by Gasteiger charge is -2.20. The van der Waals surface area contributed by atoms with Gasteiger partial charge in [-0.05, 0) is 45.5 Å². The van der Waals surface area contributed by atoms with Crippen molar-refractivity contribution >= 4 is 5.91 Å². The number of aliphatic hydroxyl groups is 1. The number of nitrogens with zero attached hydrogens (tertiary/aromatic N) is 3. The Balaban J connectivity index is 1.93. The molecule has 0 spiro atoms. The van der Waals surface area contributed by atoms with Gasteiger partial charge in [0.25, 0.3) is 5.91 Å². The van der Waals surface area contributed by atoms with Crippen LogP contribution in [0.2, 0.25) is 0 Å². The fraction of sp³-hybridized carbons (Fsp3) is 0.667. The third kappa shape index (κ3) is 4.68. The molecule has 6 nitrogen and oxygen atoms in total. The fourth-order valence-corrected chi connectivity index (χ4v) is 3.24. The number of likely N-dealkylation sites (tertiary alicyclic amines) is 1. The van der Waals surface area contributed by atoms with Gasteiger partial charge in [-0.25, -0.2) is 0 Å². The first-order valence-corrected chi connectivity index (χ1v) is 8.57. The van der Waals surface area contributed by atoms with Crippen molar-refractivity contribution in [2.75, 3.05) is 46.9 Å². The Morgan fingerprint density at radius 2 is 2.08 bits per heavy atom. The first-order chi connectivity index (χ1) is 11.4. The highest BCUT2D eigenvalue weighted by molar-refractivity contribution is 5.78. The average Bonchev–Trinajstić information content (AvgIpc) is 2.95. The van der Waals surface area contributed by atoms with Gasteiger partial charge in [0.05, 0.1) is 5.69 Å². The Bertz CT molecular complexity index is 562. The first kappa shape index (κ1) is 18.7. The topological polar surface area (TPSA) is 65.9 Å². The number of ether oxygens (including phenoxy) is 1. The fourth-order valence-electron chi connectivity index (χ4n) is 3.24. The van der Waals surface area contributed by atoms with Gasteiger partial charge in [-0.3, -0.25) is 9.78 Å². The van der Waals surface area contributed by atoms with Crippen LogP contribution in [0.1, 0.15) is 18.3 Å². The molecule has 1 aromatic heterocycles. The van der Waals surface area contributed by atoms with E-state index in [-0.39, 0.29) is 25.0 Å². The Kier molecular flexibility index (Phi) is 6.57. The molecule has 0 bridgehead atoms. The van der Waals surface area contributed by atoms with E-state index >= 15 is 0 Å². The van der Waals surface area contributed by atoms with Crippen LogP contribution >= 0.6 is 0 Å². The van der Waals surface area contributed by atoms with E-state index < -0.39 is 0 Å². The summed E-state index contributed by atoms with van der Waals surface area (Å²) in [4.78, 5) is 20.8. The smallest absolute Gasteiger partial charge is 0.260 e. The van der Waals surface area contributed by atoms with Crippen molar-refractivity contribution in [3.8, 4) is 5.75 Å². The summed E-state index contributed by atoms with van der Waals surface area (Å²) in [5.74, 6) is 1.10. The van der Waals surface area contributed by atoms with E-state index in [9.17, 15) is 9.90 Å². The van der Waals surface area contributed by atoms with E-state index in [0.717, 1.165) is 24.4 Å². The van der Waals surface area contributed by atoms with Crippen molar-refractivity contribution in [1.29, 1.82) is 0 Å². The third-order valence-electron chi connectivity index (χ3n) is 4.52. The second kappa shape index (κ2) is 8.44. The number of hydrogen-bond donors (Lipinski definition) is 1. The molecule has 0 aliphatic carbocycles. The Morgan fingerprint density at radius 1 is 1.38 bits per heavy atom. The number of aromatic nitrogens is 1. The van der Waals surface area contributed by atoms with Crippen molar-refractivity contribution in [2.24, 2.45) is 11.8 Å². The predicted octanol–water partition coefficient (Wildman–Crippen LogP) is 0.960. The van der Waals surface area contributed by atoms with Crippen molar-refractivity contribution in [3.63, 3.8) is 0 Å². The molecule has 0 saturated carbocycles. The van der Waals surface area contributed by atoms with Gasteiger partial charge >= 0.3 is 0 Å². The van der Waals surface area contributed by atoms with Crippen LogP contribution in [0.25, 0.3) is 0 Å². The summed E-state index contributed by atoms with van der Waals surface area (Å²) in [6.45, 7) is 6.25. The molecule has 1 aliphatic heterocycles. The van der Waals surface area contributed by atoms with Gasteiger partial charge in [-0.2, -0.15) is 0 Å². The van der Waals surface area contributed by atoms with Crippen LogP contribution in [0.15, 0.2) is 12.1 Å². The van der Waals surface area contributed by atoms with Crippen molar-refractivity contribution in [1.82, 2.24) is 14.8 Å². The third-order valence-corrected chi connectivity index (χ3v) is 4.52. The molecule has 2 rings (SSSR count). The molecule has 0 aromatic carbocycles. The monoisotopic (exact) mass is 335 g/mol. The first-order valence-electron chi connectivity index (χ1n) is 8.57. The Hall–Kier alpha value is -1.66. The van der Waals surface area contributed by atoms with E-state index in [1.165, 1.54) is 0 Å². The molecule has 2 atom stereocenters. The Labute approximate surface area is 144 Å². The quantitative estimate of drug-likeness (QED) is 0.804. The maximum absolute atomic E-state index is 12.5. The normalized spacial score (nSPS) is 20.7. The number of rotatable bonds is 7. The number of hydrogen-bond acceptors (Lipinski definition) is 5. The molecular formula is C18H29N3O3. The number of amides is 1. The van der Waals surface area contributed by atoms with Gasteiger partial charge in [0.15, 0.2) is 6.61 Å². The SMILES string of the molecule is CCc1nc(C)ccc1OCC(=O)N1C[C@@H](CN(C)C)[C@@H](CO)C1. The molecule has 0 unspecified atom stereocenters. The molecule has 1 N–H and O–H groups in total. The number of aliphatic hydroxyl groups excluding tert-OH is 1. The molecule has 2 heterocycles. The van der Waals surface area contributed by atoms with E-state index in [0.29, 0.717) is 24.8 Å². The number of carbonyl (C=O) groups excluding carboxylic acids is 1. The summed E-state index contributed by atoms with van der Waals surface area (Å²) in [6, 6.07) is 3.77. The van der Waals surface area contributed by atoms with Gasteiger partial charge in [0.2, 0.25) is 0 Å². The molecule has 1 saturated heterocycles. The molecule has 134 valence electrons. The summed E-state index contributed by atoms with van der Waals surface area (Å²) in [5, 5.41) is 9.56. The largest absolute Gasteiger partial charge is 0.482 e. The zero-order chi connectivity index (χ0) is 17.7. The van der Waals surface area contributed by atoms with E-state index in [2.05, 4.69) is 9.88 Å². The van der Waals surface area contributed by atoms with Crippen LogP contribution in [0.5, 0.6) is 5.75 Å². The lowest BCUT2D eigenvalue weighted by Crippen LogP contribution is -2.34.